The van der Waals surface area contributed by atoms with Crippen molar-refractivity contribution in [3.05, 3.63) is 95.6 Å². The third-order valence-corrected chi connectivity index (χ3v) is 7.78. The Morgan fingerprint density at radius 3 is 2.42 bits per heavy atom. The molecule has 0 saturated carbocycles. The van der Waals surface area contributed by atoms with Gasteiger partial charge in [0.25, 0.3) is 5.91 Å². The largest absolute Gasteiger partial charge is 0.489 e. The Kier molecular flexibility index (Phi) is 8.48. The van der Waals surface area contributed by atoms with E-state index in [1.807, 2.05) is 66.4 Å². The van der Waals surface area contributed by atoms with E-state index >= 15 is 0 Å². The zero-order chi connectivity index (χ0) is 25.4. The molecule has 1 saturated heterocycles. The first-order chi connectivity index (χ1) is 17.4. The summed E-state index contributed by atoms with van der Waals surface area (Å²) in [5.74, 6) is 0.463. The van der Waals surface area contributed by atoms with Crippen molar-refractivity contribution in [3.8, 4) is 5.75 Å². The van der Waals surface area contributed by atoms with Crippen LogP contribution in [-0.4, -0.2) is 62.5 Å². The van der Waals surface area contributed by atoms with Gasteiger partial charge in [0.05, 0.1) is 17.7 Å². The van der Waals surface area contributed by atoms with Crippen LogP contribution in [0.1, 0.15) is 16.7 Å². The number of carbonyl (C=O) groups excluding carboxylic acids is 1. The van der Waals surface area contributed by atoms with E-state index in [1.165, 1.54) is 4.31 Å². The van der Waals surface area contributed by atoms with Crippen molar-refractivity contribution < 1.29 is 17.9 Å². The van der Waals surface area contributed by atoms with E-state index in [1.54, 1.807) is 30.5 Å². The summed E-state index contributed by atoms with van der Waals surface area (Å²) >= 11 is 0. The van der Waals surface area contributed by atoms with Gasteiger partial charge in [-0.1, -0.05) is 60.2 Å². The van der Waals surface area contributed by atoms with Gasteiger partial charge in [-0.3, -0.25) is 9.69 Å². The number of hydrogen-bond acceptors (Lipinski definition) is 6. The summed E-state index contributed by atoms with van der Waals surface area (Å²) in [5.41, 5.74) is 5.44. The fourth-order valence-corrected chi connectivity index (χ4v) is 5.25. The minimum Gasteiger partial charge on any atom is -0.489 e. The maximum atomic E-state index is 12.8. The van der Waals surface area contributed by atoms with Crippen LogP contribution in [0.2, 0.25) is 0 Å². The van der Waals surface area contributed by atoms with Gasteiger partial charge in [-0.15, -0.1) is 0 Å². The van der Waals surface area contributed by atoms with Gasteiger partial charge in [0.2, 0.25) is 10.0 Å². The average molecular weight is 507 g/mol. The van der Waals surface area contributed by atoms with Gasteiger partial charge in [-0.25, -0.2) is 13.8 Å². The summed E-state index contributed by atoms with van der Waals surface area (Å²) in [6, 6.07) is 24.2. The summed E-state index contributed by atoms with van der Waals surface area (Å²) in [6.45, 7) is 4.16. The maximum Gasteiger partial charge on any atom is 0.254 e. The number of ether oxygens (including phenoxy) is 1. The number of hydrogen-bond donors (Lipinski definition) is 1. The van der Waals surface area contributed by atoms with Crippen molar-refractivity contribution in [1.29, 1.82) is 0 Å². The smallest absolute Gasteiger partial charge is 0.254 e. The quantitative estimate of drug-likeness (QED) is 0.356. The van der Waals surface area contributed by atoms with Crippen molar-refractivity contribution in [1.82, 2.24) is 14.6 Å². The van der Waals surface area contributed by atoms with Crippen LogP contribution in [0.15, 0.2) is 88.9 Å². The highest BCUT2D eigenvalue weighted by atomic mass is 32.2. The van der Waals surface area contributed by atoms with Gasteiger partial charge in [-0.2, -0.15) is 9.41 Å². The Morgan fingerprint density at radius 1 is 0.972 bits per heavy atom. The van der Waals surface area contributed by atoms with Crippen LogP contribution in [0.25, 0.3) is 0 Å². The van der Waals surface area contributed by atoms with Crippen molar-refractivity contribution in [3.63, 3.8) is 0 Å². The fraction of sp³-hybridized carbons (Fsp3) is 0.259. The number of rotatable bonds is 9. The second kappa shape index (κ2) is 11.9. The molecule has 0 atom stereocenters. The first-order valence-electron chi connectivity index (χ1n) is 11.8. The molecule has 8 nitrogen and oxygen atoms in total. The van der Waals surface area contributed by atoms with E-state index in [9.17, 15) is 13.2 Å². The number of nitrogens with zero attached hydrogens (tertiary/aromatic N) is 3. The van der Waals surface area contributed by atoms with Crippen molar-refractivity contribution in [2.24, 2.45) is 5.10 Å². The molecule has 3 aromatic carbocycles. The van der Waals surface area contributed by atoms with E-state index in [-0.39, 0.29) is 12.5 Å². The zero-order valence-corrected chi connectivity index (χ0v) is 21.0. The predicted octanol–water partition coefficient (Wildman–Crippen LogP) is 3.03. The molecular weight excluding hydrogens is 476 g/mol. The molecule has 0 aromatic heterocycles. The van der Waals surface area contributed by atoms with Crippen molar-refractivity contribution in [2.45, 2.75) is 18.4 Å². The number of sulfonamides is 1. The molecule has 0 bridgehead atoms. The lowest BCUT2D eigenvalue weighted by Gasteiger charge is -2.33. The van der Waals surface area contributed by atoms with E-state index < -0.39 is 10.0 Å². The SMILES string of the molecule is Cc1ccc(S(=O)(=O)N2CCN(CC(=O)N/N=C\c3cccc(OCc4ccccc4)c3)CC2)cc1. The molecule has 188 valence electrons. The summed E-state index contributed by atoms with van der Waals surface area (Å²) in [6.07, 6.45) is 1.57. The molecule has 0 spiro atoms. The van der Waals surface area contributed by atoms with Gasteiger partial charge in [0.15, 0.2) is 0 Å². The van der Waals surface area contributed by atoms with Crippen molar-refractivity contribution >= 4 is 22.1 Å². The Morgan fingerprint density at radius 2 is 1.69 bits per heavy atom. The molecule has 1 aliphatic rings. The Bertz CT molecular complexity index is 1290. The minimum absolute atomic E-state index is 0.149. The highest BCUT2D eigenvalue weighted by molar-refractivity contribution is 7.89. The number of amides is 1. The van der Waals surface area contributed by atoms with Gasteiger partial charge in [0.1, 0.15) is 12.4 Å². The molecule has 1 heterocycles. The summed E-state index contributed by atoms with van der Waals surface area (Å²) in [4.78, 5) is 14.6. The third kappa shape index (κ3) is 7.00. The lowest BCUT2D eigenvalue weighted by molar-refractivity contribution is -0.122. The van der Waals surface area contributed by atoms with E-state index in [0.717, 1.165) is 16.7 Å². The predicted molar refractivity (Wildman–Crippen MR) is 139 cm³/mol. The summed E-state index contributed by atoms with van der Waals surface area (Å²) < 4.78 is 33.0. The van der Waals surface area contributed by atoms with Crippen LogP contribution in [-0.2, 0) is 21.4 Å². The van der Waals surface area contributed by atoms with Crippen LogP contribution in [0, 0.1) is 6.92 Å². The highest BCUT2D eigenvalue weighted by Gasteiger charge is 2.28. The number of aryl methyl sites for hydroxylation is 1. The molecule has 3 aromatic rings. The molecule has 1 N–H and O–H groups in total. The van der Waals surface area contributed by atoms with E-state index in [4.69, 9.17) is 4.74 Å². The van der Waals surface area contributed by atoms with Crippen LogP contribution in [0.5, 0.6) is 5.75 Å². The highest BCUT2D eigenvalue weighted by Crippen LogP contribution is 2.18. The number of nitrogens with one attached hydrogen (secondary N) is 1. The Balaban J connectivity index is 1.22. The monoisotopic (exact) mass is 506 g/mol. The molecule has 1 aliphatic heterocycles. The van der Waals surface area contributed by atoms with Gasteiger partial charge < -0.3 is 4.74 Å². The third-order valence-electron chi connectivity index (χ3n) is 5.87. The number of hydrazone groups is 1. The molecule has 0 radical (unpaired) electrons. The van der Waals surface area contributed by atoms with Crippen LogP contribution in [0.4, 0.5) is 0 Å². The zero-order valence-electron chi connectivity index (χ0n) is 20.2. The number of benzene rings is 3. The molecule has 0 unspecified atom stereocenters. The van der Waals surface area contributed by atoms with E-state index in [2.05, 4.69) is 10.5 Å². The number of carbonyl (C=O) groups is 1. The van der Waals surface area contributed by atoms with Gasteiger partial charge in [-0.05, 0) is 42.3 Å². The lowest BCUT2D eigenvalue weighted by Crippen LogP contribution is -2.50. The first kappa shape index (κ1) is 25.6. The van der Waals surface area contributed by atoms with E-state index in [0.29, 0.717) is 43.4 Å². The fourth-order valence-electron chi connectivity index (χ4n) is 3.83. The second-order valence-electron chi connectivity index (χ2n) is 8.63. The average Bonchev–Trinajstić information content (AvgIpc) is 2.89. The standard InChI is InChI=1S/C27H30N4O4S/c1-22-10-12-26(13-11-22)36(33,34)31-16-14-30(15-17-31)20-27(32)29-28-19-24-8-5-9-25(18-24)35-21-23-6-3-2-4-7-23/h2-13,18-19H,14-17,20-21H2,1H3,(H,29,32)/b28-19-. The molecule has 1 fully saturated rings. The molecular formula is C27H30N4O4S. The Hall–Kier alpha value is -3.53. The van der Waals surface area contributed by atoms with Crippen molar-refractivity contribution in [2.75, 3.05) is 32.7 Å². The number of piperazine rings is 1. The van der Waals surface area contributed by atoms with Crippen LogP contribution < -0.4 is 10.2 Å². The molecule has 0 aliphatic carbocycles. The maximum absolute atomic E-state index is 12.8. The molecule has 1 amide bonds. The lowest BCUT2D eigenvalue weighted by atomic mass is 10.2. The molecule has 4 rings (SSSR count). The summed E-state index contributed by atoms with van der Waals surface area (Å²) in [5, 5.41) is 4.05. The second-order valence-corrected chi connectivity index (χ2v) is 10.6. The molecule has 36 heavy (non-hydrogen) atoms. The van der Waals surface area contributed by atoms with Gasteiger partial charge in [0, 0.05) is 26.2 Å². The minimum atomic E-state index is -3.53. The summed E-state index contributed by atoms with van der Waals surface area (Å²) in [7, 11) is -3.53. The van der Waals surface area contributed by atoms with Crippen LogP contribution >= 0.6 is 0 Å². The molecule has 9 heteroatoms. The van der Waals surface area contributed by atoms with Gasteiger partial charge >= 0.3 is 0 Å². The normalized spacial score (nSPS) is 15.1. The first-order valence-corrected chi connectivity index (χ1v) is 13.2. The topological polar surface area (TPSA) is 91.3 Å². The van der Waals surface area contributed by atoms with Crippen LogP contribution in [0.3, 0.4) is 0 Å². The Labute approximate surface area is 212 Å².